The van der Waals surface area contributed by atoms with Gasteiger partial charge in [0, 0.05) is 6.42 Å². The Morgan fingerprint density at radius 1 is 0.537 bits per heavy atom. The minimum atomic E-state index is 0.0254. The van der Waals surface area contributed by atoms with Crippen molar-refractivity contribution < 1.29 is 14.4 Å². The van der Waals surface area contributed by atoms with E-state index >= 15 is 0 Å². The zero-order valence-electron chi connectivity index (χ0n) is 28.5. The minimum Gasteiger partial charge on any atom is -0.462 e. The molecule has 0 amide bonds. The Labute approximate surface area is 258 Å². The summed E-state index contributed by atoms with van der Waals surface area (Å²) in [6.07, 6.45) is 43.4. The van der Waals surface area contributed by atoms with Crippen LogP contribution in [0.1, 0.15) is 187 Å². The fourth-order valence-electron chi connectivity index (χ4n) is 5.45. The summed E-state index contributed by atoms with van der Waals surface area (Å²) in [4.78, 5) is 13.9. The summed E-state index contributed by atoms with van der Waals surface area (Å²) < 4.78 is 5.99. The predicted octanol–water partition coefficient (Wildman–Crippen LogP) is 10.7. The summed E-state index contributed by atoms with van der Waals surface area (Å²) in [6, 6.07) is 0. The molecule has 0 saturated heterocycles. The van der Waals surface area contributed by atoms with Crippen LogP contribution in [0.4, 0.5) is 0 Å². The van der Waals surface area contributed by atoms with Gasteiger partial charge < -0.3 is 9.64 Å². The molecule has 41 heavy (non-hydrogen) atoms. The van der Waals surface area contributed by atoms with Crippen LogP contribution in [0.2, 0.25) is 0 Å². The van der Waals surface area contributed by atoms with Gasteiger partial charge in [-0.25, -0.2) is 0 Å². The molecule has 1 N–H and O–H groups in total. The Morgan fingerprint density at radius 3 is 1.34 bits per heavy atom. The smallest absolute Gasteiger partial charge is 0.306 e. The standard InChI is InChI=1S/C38H73NO2/c1-5-7-9-11-13-15-17-19-21-23-25-27-29-31-34-37(41-38(40)35-32-36-39(3)4)33-30-28-26-24-22-20-18-16-14-12-10-8-6-2/h14-17,37H,5-13,18-36H2,1-4H3/p+1/b16-14-,17-15-. The molecule has 0 aliphatic heterocycles. The quantitative estimate of drug-likeness (QED) is 0.0490. The van der Waals surface area contributed by atoms with E-state index in [1.807, 2.05) is 0 Å². The molecule has 1 unspecified atom stereocenters. The number of esters is 1. The van der Waals surface area contributed by atoms with Crippen molar-refractivity contribution in [2.24, 2.45) is 0 Å². The first kappa shape index (κ1) is 39.9. The van der Waals surface area contributed by atoms with Gasteiger partial charge in [-0.05, 0) is 77.0 Å². The van der Waals surface area contributed by atoms with Gasteiger partial charge >= 0.3 is 5.97 Å². The van der Waals surface area contributed by atoms with Crippen molar-refractivity contribution in [3.63, 3.8) is 0 Å². The zero-order valence-corrected chi connectivity index (χ0v) is 28.5. The summed E-state index contributed by atoms with van der Waals surface area (Å²) in [5, 5.41) is 0. The number of hydrogen-bond acceptors (Lipinski definition) is 2. The van der Waals surface area contributed by atoms with Crippen molar-refractivity contribution in [1.29, 1.82) is 0 Å². The van der Waals surface area contributed by atoms with Gasteiger partial charge in [0.25, 0.3) is 0 Å². The number of allylic oxidation sites excluding steroid dienone is 4. The first-order valence-corrected chi connectivity index (χ1v) is 18.4. The predicted molar refractivity (Wildman–Crippen MR) is 182 cm³/mol. The second kappa shape index (κ2) is 33.4. The van der Waals surface area contributed by atoms with Gasteiger partial charge in [0.15, 0.2) is 0 Å². The van der Waals surface area contributed by atoms with Crippen LogP contribution < -0.4 is 4.90 Å². The molecule has 0 aromatic rings. The van der Waals surface area contributed by atoms with Crippen LogP contribution in [0, 0.1) is 0 Å². The number of carbonyl (C=O) groups excluding carboxylic acids is 1. The molecule has 0 aromatic heterocycles. The average Bonchev–Trinajstić information content (AvgIpc) is 2.95. The van der Waals surface area contributed by atoms with Gasteiger partial charge in [-0.15, -0.1) is 0 Å². The number of unbranched alkanes of at least 4 members (excludes halogenated alkanes) is 19. The summed E-state index contributed by atoms with van der Waals surface area (Å²) >= 11 is 0. The van der Waals surface area contributed by atoms with Crippen LogP contribution in [-0.4, -0.2) is 32.7 Å². The first-order chi connectivity index (χ1) is 20.1. The molecule has 0 rings (SSSR count). The van der Waals surface area contributed by atoms with Crippen LogP contribution >= 0.6 is 0 Å². The lowest BCUT2D eigenvalue weighted by Crippen LogP contribution is -3.05. The van der Waals surface area contributed by atoms with E-state index in [2.05, 4.69) is 52.2 Å². The molecular weight excluding hydrogens is 502 g/mol. The molecule has 0 aliphatic carbocycles. The molecule has 1 atom stereocenters. The molecule has 0 heterocycles. The summed E-state index contributed by atoms with van der Waals surface area (Å²) in [6.45, 7) is 5.57. The summed E-state index contributed by atoms with van der Waals surface area (Å²) in [5.74, 6) is 0.0254. The molecule has 242 valence electrons. The number of nitrogens with one attached hydrogen (secondary N) is 1. The van der Waals surface area contributed by atoms with E-state index in [0.29, 0.717) is 6.42 Å². The van der Waals surface area contributed by atoms with Crippen LogP contribution in [0.3, 0.4) is 0 Å². The third kappa shape index (κ3) is 33.3. The number of quaternary nitrogens is 1. The highest BCUT2D eigenvalue weighted by Gasteiger charge is 2.14. The molecule has 0 aliphatic rings. The minimum absolute atomic E-state index is 0.0254. The van der Waals surface area contributed by atoms with Gasteiger partial charge in [0.05, 0.1) is 27.1 Å². The zero-order chi connectivity index (χ0) is 30.1. The Kier molecular flexibility index (Phi) is 32.5. The third-order valence-electron chi connectivity index (χ3n) is 8.18. The van der Waals surface area contributed by atoms with E-state index in [9.17, 15) is 4.79 Å². The monoisotopic (exact) mass is 577 g/mol. The second-order valence-electron chi connectivity index (χ2n) is 12.9. The van der Waals surface area contributed by atoms with E-state index in [1.54, 1.807) is 0 Å². The van der Waals surface area contributed by atoms with Crippen LogP contribution in [0.25, 0.3) is 0 Å². The molecule has 0 saturated carbocycles. The molecule has 0 spiro atoms. The number of ether oxygens (including phenoxy) is 1. The number of carbonyl (C=O) groups is 1. The van der Waals surface area contributed by atoms with E-state index in [0.717, 1.165) is 25.8 Å². The lowest BCUT2D eigenvalue weighted by atomic mass is 10.0. The van der Waals surface area contributed by atoms with Crippen LogP contribution in [-0.2, 0) is 9.53 Å². The molecule has 3 heteroatoms. The second-order valence-corrected chi connectivity index (χ2v) is 12.9. The van der Waals surface area contributed by atoms with E-state index < -0.39 is 0 Å². The van der Waals surface area contributed by atoms with Gasteiger partial charge in [0.1, 0.15) is 6.10 Å². The van der Waals surface area contributed by atoms with Crippen molar-refractivity contribution in [3.8, 4) is 0 Å². The maximum Gasteiger partial charge on any atom is 0.306 e. The molecule has 0 fully saturated rings. The number of hydrogen-bond donors (Lipinski definition) is 1. The Morgan fingerprint density at radius 2 is 0.902 bits per heavy atom. The van der Waals surface area contributed by atoms with Gasteiger partial charge in [-0.3, -0.25) is 4.79 Å². The van der Waals surface area contributed by atoms with E-state index in [4.69, 9.17) is 4.74 Å². The maximum atomic E-state index is 12.5. The largest absolute Gasteiger partial charge is 0.462 e. The Hall–Kier alpha value is -1.09. The van der Waals surface area contributed by atoms with Crippen molar-refractivity contribution in [2.75, 3.05) is 20.6 Å². The topological polar surface area (TPSA) is 30.7 Å². The molecule has 3 nitrogen and oxygen atoms in total. The van der Waals surface area contributed by atoms with Gasteiger partial charge in [-0.2, -0.15) is 0 Å². The number of rotatable bonds is 32. The Bertz CT molecular complexity index is 583. The normalized spacial score (nSPS) is 12.7. The molecule has 0 aromatic carbocycles. The summed E-state index contributed by atoms with van der Waals surface area (Å²) in [5.41, 5.74) is 0. The molecule has 0 radical (unpaired) electrons. The third-order valence-corrected chi connectivity index (χ3v) is 8.18. The summed E-state index contributed by atoms with van der Waals surface area (Å²) in [7, 11) is 4.29. The lowest BCUT2D eigenvalue weighted by Gasteiger charge is -2.18. The average molecular weight is 577 g/mol. The molecular formula is C38H74NO2+. The Balaban J connectivity index is 3.99. The highest BCUT2D eigenvalue weighted by atomic mass is 16.5. The van der Waals surface area contributed by atoms with Gasteiger partial charge in [0.2, 0.25) is 0 Å². The van der Waals surface area contributed by atoms with Crippen LogP contribution in [0.5, 0.6) is 0 Å². The maximum absolute atomic E-state index is 12.5. The van der Waals surface area contributed by atoms with Crippen molar-refractivity contribution in [2.45, 2.75) is 193 Å². The van der Waals surface area contributed by atoms with E-state index in [-0.39, 0.29) is 12.1 Å². The fourth-order valence-corrected chi connectivity index (χ4v) is 5.45. The van der Waals surface area contributed by atoms with Crippen molar-refractivity contribution in [3.05, 3.63) is 24.3 Å². The molecule has 0 bridgehead atoms. The van der Waals surface area contributed by atoms with Crippen molar-refractivity contribution in [1.82, 2.24) is 0 Å². The highest BCUT2D eigenvalue weighted by Crippen LogP contribution is 2.18. The SMILES string of the molecule is CCCCC/C=C\CCCCCCCCC(CCCCCCCC/C=C\CCCCCC)OC(=O)CCC[NH+](C)C. The highest BCUT2D eigenvalue weighted by molar-refractivity contribution is 5.69. The van der Waals surface area contributed by atoms with Crippen LogP contribution in [0.15, 0.2) is 24.3 Å². The lowest BCUT2D eigenvalue weighted by molar-refractivity contribution is -0.858. The van der Waals surface area contributed by atoms with Crippen molar-refractivity contribution >= 4 is 5.97 Å². The fraction of sp³-hybridized carbons (Fsp3) is 0.868. The van der Waals surface area contributed by atoms with Gasteiger partial charge in [-0.1, -0.05) is 122 Å². The van der Waals surface area contributed by atoms with E-state index in [1.165, 1.54) is 153 Å². The first-order valence-electron chi connectivity index (χ1n) is 18.4.